The summed E-state index contributed by atoms with van der Waals surface area (Å²) in [6.07, 6.45) is 4.84. The standard InChI is InChI=1S/C8H15N3S/c1-2-12-5-3-4-11-6-8(9)10-7-11/h6-7H,2-5,9H2,1H3. The van der Waals surface area contributed by atoms with Gasteiger partial charge in [0, 0.05) is 12.7 Å². The molecule has 4 heteroatoms. The molecule has 0 aliphatic heterocycles. The molecule has 0 saturated heterocycles. The van der Waals surface area contributed by atoms with E-state index in [4.69, 9.17) is 5.73 Å². The van der Waals surface area contributed by atoms with Crippen LogP contribution >= 0.6 is 11.8 Å². The zero-order valence-corrected chi connectivity index (χ0v) is 8.18. The Labute approximate surface area is 77.4 Å². The minimum atomic E-state index is 0.609. The van der Waals surface area contributed by atoms with E-state index in [0.29, 0.717) is 5.82 Å². The second-order valence-electron chi connectivity index (χ2n) is 2.59. The summed E-state index contributed by atoms with van der Waals surface area (Å²) >= 11 is 1.97. The number of nitrogens with two attached hydrogens (primary N) is 1. The van der Waals surface area contributed by atoms with Crippen molar-refractivity contribution in [2.45, 2.75) is 19.9 Å². The molecule has 0 atom stereocenters. The summed E-state index contributed by atoms with van der Waals surface area (Å²) in [5.74, 6) is 3.03. The van der Waals surface area contributed by atoms with E-state index < -0.39 is 0 Å². The van der Waals surface area contributed by atoms with Crippen molar-refractivity contribution >= 4 is 17.6 Å². The van der Waals surface area contributed by atoms with Crippen molar-refractivity contribution < 1.29 is 0 Å². The minimum Gasteiger partial charge on any atom is -0.382 e. The highest BCUT2D eigenvalue weighted by Gasteiger charge is 1.93. The van der Waals surface area contributed by atoms with Crippen LogP contribution in [0.3, 0.4) is 0 Å². The Balaban J connectivity index is 2.15. The maximum atomic E-state index is 5.47. The molecule has 0 saturated carbocycles. The Morgan fingerprint density at radius 1 is 1.67 bits per heavy atom. The lowest BCUT2D eigenvalue weighted by Gasteiger charge is -1.99. The molecule has 0 radical (unpaired) electrons. The van der Waals surface area contributed by atoms with Crippen molar-refractivity contribution in [1.29, 1.82) is 0 Å². The lowest BCUT2D eigenvalue weighted by molar-refractivity contribution is 0.683. The zero-order chi connectivity index (χ0) is 8.81. The average molecular weight is 185 g/mol. The lowest BCUT2D eigenvalue weighted by Crippen LogP contribution is -1.95. The molecule has 12 heavy (non-hydrogen) atoms. The molecular weight excluding hydrogens is 170 g/mol. The smallest absolute Gasteiger partial charge is 0.141 e. The molecule has 0 aliphatic rings. The molecule has 0 aromatic carbocycles. The van der Waals surface area contributed by atoms with Crippen LogP contribution < -0.4 is 5.73 Å². The number of imidazole rings is 1. The maximum absolute atomic E-state index is 5.47. The highest BCUT2D eigenvalue weighted by Crippen LogP contribution is 2.03. The number of nitrogen functional groups attached to an aromatic ring is 1. The number of rotatable bonds is 5. The average Bonchev–Trinajstić information content (AvgIpc) is 2.45. The van der Waals surface area contributed by atoms with E-state index in [2.05, 4.69) is 11.9 Å². The molecular formula is C8H15N3S. The van der Waals surface area contributed by atoms with Crippen LogP contribution in [-0.4, -0.2) is 21.1 Å². The molecule has 1 heterocycles. The summed E-state index contributed by atoms with van der Waals surface area (Å²) in [4.78, 5) is 3.95. The number of aryl methyl sites for hydroxylation is 1. The molecule has 1 rings (SSSR count). The van der Waals surface area contributed by atoms with Crippen LogP contribution in [0.25, 0.3) is 0 Å². The number of hydrogen-bond acceptors (Lipinski definition) is 3. The number of nitrogens with zero attached hydrogens (tertiary/aromatic N) is 2. The van der Waals surface area contributed by atoms with Crippen LogP contribution in [0.1, 0.15) is 13.3 Å². The van der Waals surface area contributed by atoms with Crippen molar-refractivity contribution in [3.8, 4) is 0 Å². The number of thioether (sulfide) groups is 1. The molecule has 1 aromatic rings. The monoisotopic (exact) mass is 185 g/mol. The van der Waals surface area contributed by atoms with Gasteiger partial charge in [-0.15, -0.1) is 0 Å². The van der Waals surface area contributed by atoms with Gasteiger partial charge in [0.05, 0.1) is 6.33 Å². The van der Waals surface area contributed by atoms with E-state index in [1.807, 2.05) is 22.5 Å². The van der Waals surface area contributed by atoms with E-state index >= 15 is 0 Å². The summed E-state index contributed by atoms with van der Waals surface area (Å²) in [6, 6.07) is 0. The molecule has 0 fully saturated rings. The van der Waals surface area contributed by atoms with Crippen LogP contribution in [0.2, 0.25) is 0 Å². The van der Waals surface area contributed by atoms with E-state index in [-0.39, 0.29) is 0 Å². The third-order valence-corrected chi connectivity index (χ3v) is 2.55. The van der Waals surface area contributed by atoms with Crippen LogP contribution in [-0.2, 0) is 6.54 Å². The molecule has 0 amide bonds. The van der Waals surface area contributed by atoms with Crippen molar-refractivity contribution in [3.05, 3.63) is 12.5 Å². The number of aromatic nitrogens is 2. The second-order valence-corrected chi connectivity index (χ2v) is 3.98. The van der Waals surface area contributed by atoms with Gasteiger partial charge in [-0.05, 0) is 17.9 Å². The first kappa shape index (κ1) is 9.45. The third-order valence-electron chi connectivity index (χ3n) is 1.56. The predicted octanol–water partition coefficient (Wildman–Crippen LogP) is 1.61. The number of hydrogen-bond donors (Lipinski definition) is 1. The summed E-state index contributed by atoms with van der Waals surface area (Å²) in [6.45, 7) is 3.21. The fourth-order valence-electron chi connectivity index (χ4n) is 0.993. The molecule has 0 unspecified atom stereocenters. The van der Waals surface area contributed by atoms with Crippen molar-refractivity contribution in [3.63, 3.8) is 0 Å². The lowest BCUT2D eigenvalue weighted by atomic mass is 10.5. The van der Waals surface area contributed by atoms with Crippen LogP contribution in [0.15, 0.2) is 12.5 Å². The van der Waals surface area contributed by atoms with Crippen molar-refractivity contribution in [2.24, 2.45) is 0 Å². The summed E-state index contributed by atoms with van der Waals surface area (Å²) < 4.78 is 2.03. The third kappa shape index (κ3) is 3.17. The molecule has 2 N–H and O–H groups in total. The first-order valence-corrected chi connectivity index (χ1v) is 5.33. The van der Waals surface area contributed by atoms with Gasteiger partial charge in [-0.25, -0.2) is 4.98 Å². The molecule has 0 bridgehead atoms. The van der Waals surface area contributed by atoms with Gasteiger partial charge in [0.25, 0.3) is 0 Å². The van der Waals surface area contributed by atoms with Gasteiger partial charge < -0.3 is 10.3 Å². The molecule has 0 aliphatic carbocycles. The van der Waals surface area contributed by atoms with E-state index in [1.54, 1.807) is 6.33 Å². The molecule has 3 nitrogen and oxygen atoms in total. The second kappa shape index (κ2) is 5.09. The fraction of sp³-hybridized carbons (Fsp3) is 0.625. The van der Waals surface area contributed by atoms with Crippen LogP contribution in [0.4, 0.5) is 5.82 Å². The Hall–Kier alpha value is -0.640. The van der Waals surface area contributed by atoms with Crippen molar-refractivity contribution in [1.82, 2.24) is 9.55 Å². The molecule has 68 valence electrons. The van der Waals surface area contributed by atoms with Gasteiger partial charge >= 0.3 is 0 Å². The highest BCUT2D eigenvalue weighted by molar-refractivity contribution is 7.99. The van der Waals surface area contributed by atoms with Gasteiger partial charge in [-0.1, -0.05) is 6.92 Å². The Kier molecular flexibility index (Phi) is 4.00. The summed E-state index contributed by atoms with van der Waals surface area (Å²) in [5, 5.41) is 0. The van der Waals surface area contributed by atoms with Crippen LogP contribution in [0.5, 0.6) is 0 Å². The van der Waals surface area contributed by atoms with Gasteiger partial charge in [0.15, 0.2) is 0 Å². The van der Waals surface area contributed by atoms with Gasteiger partial charge in [0.1, 0.15) is 5.82 Å². The Bertz CT molecular complexity index is 222. The first-order chi connectivity index (χ1) is 5.83. The normalized spacial score (nSPS) is 10.4. The topological polar surface area (TPSA) is 43.8 Å². The van der Waals surface area contributed by atoms with Gasteiger partial charge in [0.2, 0.25) is 0 Å². The largest absolute Gasteiger partial charge is 0.382 e. The van der Waals surface area contributed by atoms with E-state index in [0.717, 1.165) is 6.54 Å². The quantitative estimate of drug-likeness (QED) is 0.709. The van der Waals surface area contributed by atoms with E-state index in [1.165, 1.54) is 17.9 Å². The Morgan fingerprint density at radius 2 is 2.50 bits per heavy atom. The maximum Gasteiger partial charge on any atom is 0.141 e. The van der Waals surface area contributed by atoms with Crippen molar-refractivity contribution in [2.75, 3.05) is 17.2 Å². The highest BCUT2D eigenvalue weighted by atomic mass is 32.2. The van der Waals surface area contributed by atoms with Gasteiger partial charge in [-0.2, -0.15) is 11.8 Å². The SMILES string of the molecule is CCSCCCn1cnc(N)c1. The zero-order valence-electron chi connectivity index (χ0n) is 7.36. The molecule has 1 aromatic heterocycles. The van der Waals surface area contributed by atoms with E-state index in [9.17, 15) is 0 Å². The Morgan fingerprint density at radius 3 is 3.08 bits per heavy atom. The van der Waals surface area contributed by atoms with Crippen LogP contribution in [0, 0.1) is 0 Å². The van der Waals surface area contributed by atoms with Gasteiger partial charge in [-0.3, -0.25) is 0 Å². The summed E-state index contributed by atoms with van der Waals surface area (Å²) in [7, 11) is 0. The summed E-state index contributed by atoms with van der Waals surface area (Å²) in [5.41, 5.74) is 5.47. The molecule has 0 spiro atoms. The first-order valence-electron chi connectivity index (χ1n) is 4.18. The predicted molar refractivity (Wildman–Crippen MR) is 54.3 cm³/mol. The minimum absolute atomic E-state index is 0.609. The fourth-order valence-corrected chi connectivity index (χ4v) is 1.62. The number of anilines is 1.